The van der Waals surface area contributed by atoms with Crippen molar-refractivity contribution in [1.29, 1.82) is 0 Å². The van der Waals surface area contributed by atoms with Crippen LogP contribution in [0.4, 0.5) is 11.4 Å². The maximum absolute atomic E-state index is 12.7. The fourth-order valence-electron chi connectivity index (χ4n) is 3.42. The number of carbonyl (C=O) groups excluding carboxylic acids is 2. The quantitative estimate of drug-likeness (QED) is 0.693. The van der Waals surface area contributed by atoms with E-state index >= 15 is 0 Å². The van der Waals surface area contributed by atoms with Gasteiger partial charge in [-0.15, -0.1) is 0 Å². The molecule has 0 aliphatic carbocycles. The number of H-pyrrole nitrogens is 1. The van der Waals surface area contributed by atoms with Crippen LogP contribution in [0.2, 0.25) is 0 Å². The number of hydrogen-bond donors (Lipinski definition) is 2. The molecule has 0 bridgehead atoms. The minimum atomic E-state index is -0.253. The van der Waals surface area contributed by atoms with E-state index in [-0.39, 0.29) is 18.4 Å². The zero-order valence-electron chi connectivity index (χ0n) is 16.2. The number of aromatic amines is 1. The van der Waals surface area contributed by atoms with E-state index in [4.69, 9.17) is 4.74 Å². The highest BCUT2D eigenvalue weighted by Gasteiger charge is 2.18. The lowest BCUT2D eigenvalue weighted by Gasteiger charge is -2.28. The van der Waals surface area contributed by atoms with E-state index in [1.165, 1.54) is 4.90 Å². The van der Waals surface area contributed by atoms with Gasteiger partial charge in [-0.25, -0.2) is 0 Å². The highest BCUT2D eigenvalue weighted by atomic mass is 16.5. The molecular weight excluding hydrogens is 370 g/mol. The molecule has 8 nitrogen and oxygen atoms in total. The molecule has 8 heteroatoms. The number of benzene rings is 2. The fourth-order valence-corrected chi connectivity index (χ4v) is 3.42. The average molecular weight is 393 g/mol. The molecule has 3 aromatic rings. The molecular formula is C21H23N5O3. The van der Waals surface area contributed by atoms with Crippen LogP contribution in [-0.4, -0.2) is 66.8 Å². The molecule has 2 heterocycles. The second-order valence-electron chi connectivity index (χ2n) is 7.00. The van der Waals surface area contributed by atoms with Crippen molar-refractivity contribution in [2.75, 3.05) is 50.1 Å². The number of amides is 2. The molecule has 0 saturated carbocycles. The fraction of sp³-hybridized carbons (Fsp3) is 0.286. The van der Waals surface area contributed by atoms with Gasteiger partial charge in [0.25, 0.3) is 5.91 Å². The normalized spacial score (nSPS) is 14.0. The summed E-state index contributed by atoms with van der Waals surface area (Å²) in [5, 5.41) is 10.5. The highest BCUT2D eigenvalue weighted by molar-refractivity contribution is 6.06. The van der Waals surface area contributed by atoms with Crippen LogP contribution in [0.5, 0.6) is 0 Å². The Morgan fingerprint density at radius 3 is 2.69 bits per heavy atom. The maximum Gasteiger partial charge on any atom is 0.256 e. The van der Waals surface area contributed by atoms with Gasteiger partial charge >= 0.3 is 0 Å². The van der Waals surface area contributed by atoms with Crippen LogP contribution in [0.1, 0.15) is 10.4 Å². The number of para-hydroxylation sites is 1. The van der Waals surface area contributed by atoms with Gasteiger partial charge in [0.05, 0.1) is 37.0 Å². The van der Waals surface area contributed by atoms with Gasteiger partial charge in [-0.05, 0) is 30.3 Å². The third-order valence-corrected chi connectivity index (χ3v) is 4.96. The summed E-state index contributed by atoms with van der Waals surface area (Å²) in [6, 6.07) is 13.1. The molecule has 1 aromatic heterocycles. The number of nitrogens with one attached hydrogen (secondary N) is 2. The van der Waals surface area contributed by atoms with E-state index in [1.807, 2.05) is 30.3 Å². The van der Waals surface area contributed by atoms with Gasteiger partial charge in [-0.1, -0.05) is 12.1 Å². The Labute approximate surface area is 168 Å². The van der Waals surface area contributed by atoms with Crippen LogP contribution >= 0.6 is 0 Å². The van der Waals surface area contributed by atoms with E-state index in [2.05, 4.69) is 20.4 Å². The summed E-state index contributed by atoms with van der Waals surface area (Å²) in [7, 11) is 1.61. The second kappa shape index (κ2) is 8.32. The van der Waals surface area contributed by atoms with Gasteiger partial charge < -0.3 is 19.9 Å². The first-order valence-electron chi connectivity index (χ1n) is 9.52. The number of anilines is 2. The van der Waals surface area contributed by atoms with Crippen molar-refractivity contribution in [3.63, 3.8) is 0 Å². The number of likely N-dealkylation sites (N-methyl/N-ethyl adjacent to an activating group) is 1. The van der Waals surface area contributed by atoms with E-state index in [9.17, 15) is 9.59 Å². The Morgan fingerprint density at radius 1 is 1.17 bits per heavy atom. The summed E-state index contributed by atoms with van der Waals surface area (Å²) < 4.78 is 5.37. The molecule has 1 saturated heterocycles. The summed E-state index contributed by atoms with van der Waals surface area (Å²) in [6.45, 7) is 3.13. The third-order valence-electron chi connectivity index (χ3n) is 4.96. The lowest BCUT2D eigenvalue weighted by atomic mass is 10.1. The molecule has 0 radical (unpaired) electrons. The molecule has 150 valence electrons. The minimum absolute atomic E-state index is 0.0471. The van der Waals surface area contributed by atoms with Crippen LogP contribution in [-0.2, 0) is 9.53 Å². The van der Waals surface area contributed by atoms with E-state index in [1.54, 1.807) is 25.4 Å². The van der Waals surface area contributed by atoms with Crippen molar-refractivity contribution < 1.29 is 14.3 Å². The summed E-state index contributed by atoms with van der Waals surface area (Å²) in [4.78, 5) is 28.8. The summed E-state index contributed by atoms with van der Waals surface area (Å²) in [5.41, 5.74) is 2.96. The van der Waals surface area contributed by atoms with Crippen molar-refractivity contribution in [1.82, 2.24) is 15.1 Å². The smallest absolute Gasteiger partial charge is 0.256 e. The SMILES string of the molecule is CN(CC(=O)Nc1ccc(N2CCOCC2)cc1)C(=O)c1cccc2cn[nH]c12. The monoisotopic (exact) mass is 393 g/mol. The number of nitrogens with zero attached hydrogens (tertiary/aromatic N) is 3. The van der Waals surface area contributed by atoms with Crippen molar-refractivity contribution in [3.8, 4) is 0 Å². The highest BCUT2D eigenvalue weighted by Crippen LogP contribution is 2.20. The Kier molecular flexibility index (Phi) is 5.44. The third kappa shape index (κ3) is 4.22. The Balaban J connectivity index is 1.36. The van der Waals surface area contributed by atoms with Crippen molar-refractivity contribution in [2.24, 2.45) is 0 Å². The number of ether oxygens (including phenoxy) is 1. The molecule has 4 rings (SSSR count). The van der Waals surface area contributed by atoms with Crippen LogP contribution < -0.4 is 10.2 Å². The van der Waals surface area contributed by atoms with E-state index in [0.29, 0.717) is 16.8 Å². The molecule has 1 aliphatic heterocycles. The van der Waals surface area contributed by atoms with Crippen LogP contribution in [0, 0.1) is 0 Å². The molecule has 2 N–H and O–H groups in total. The van der Waals surface area contributed by atoms with Crippen molar-refractivity contribution in [3.05, 3.63) is 54.2 Å². The number of morpholine rings is 1. The van der Waals surface area contributed by atoms with Crippen LogP contribution in [0.25, 0.3) is 10.9 Å². The van der Waals surface area contributed by atoms with Gasteiger partial charge in [-0.2, -0.15) is 5.10 Å². The minimum Gasteiger partial charge on any atom is -0.378 e. The Morgan fingerprint density at radius 2 is 1.93 bits per heavy atom. The molecule has 2 amide bonds. The van der Waals surface area contributed by atoms with Crippen LogP contribution in [0.15, 0.2) is 48.7 Å². The standard InChI is InChI=1S/C21H23N5O3/c1-25(21(28)18-4-2-3-15-13-22-24-20(15)18)14-19(27)23-16-5-7-17(8-6-16)26-9-11-29-12-10-26/h2-8,13H,9-12,14H2,1H3,(H,22,24)(H,23,27). The van der Waals surface area contributed by atoms with E-state index in [0.717, 1.165) is 37.4 Å². The number of aromatic nitrogens is 2. The topological polar surface area (TPSA) is 90.6 Å². The van der Waals surface area contributed by atoms with Crippen molar-refractivity contribution >= 4 is 34.1 Å². The lowest BCUT2D eigenvalue weighted by Crippen LogP contribution is -2.36. The van der Waals surface area contributed by atoms with Gasteiger partial charge in [-0.3, -0.25) is 14.7 Å². The predicted molar refractivity (Wildman–Crippen MR) is 111 cm³/mol. The molecule has 0 unspecified atom stereocenters. The van der Waals surface area contributed by atoms with Crippen LogP contribution in [0.3, 0.4) is 0 Å². The van der Waals surface area contributed by atoms with Crippen molar-refractivity contribution in [2.45, 2.75) is 0 Å². The summed E-state index contributed by atoms with van der Waals surface area (Å²) in [5.74, 6) is -0.491. The number of hydrogen-bond acceptors (Lipinski definition) is 5. The van der Waals surface area contributed by atoms with Gasteiger partial charge in [0, 0.05) is 36.9 Å². The largest absolute Gasteiger partial charge is 0.378 e. The zero-order chi connectivity index (χ0) is 20.2. The van der Waals surface area contributed by atoms with Gasteiger partial charge in [0.1, 0.15) is 0 Å². The first kappa shape index (κ1) is 18.9. The van der Waals surface area contributed by atoms with Gasteiger partial charge in [0.15, 0.2) is 0 Å². The average Bonchev–Trinajstić information content (AvgIpc) is 3.23. The molecule has 29 heavy (non-hydrogen) atoms. The number of fused-ring (bicyclic) bond motifs is 1. The molecule has 0 atom stereocenters. The maximum atomic E-state index is 12.7. The second-order valence-corrected chi connectivity index (χ2v) is 7.00. The Hall–Kier alpha value is -3.39. The lowest BCUT2D eigenvalue weighted by molar-refractivity contribution is -0.116. The van der Waals surface area contributed by atoms with E-state index < -0.39 is 0 Å². The first-order valence-corrected chi connectivity index (χ1v) is 9.52. The molecule has 0 spiro atoms. The molecule has 1 fully saturated rings. The molecule has 2 aromatic carbocycles. The summed E-state index contributed by atoms with van der Waals surface area (Å²) >= 11 is 0. The first-order chi connectivity index (χ1) is 14.1. The number of rotatable bonds is 5. The van der Waals surface area contributed by atoms with Gasteiger partial charge in [0.2, 0.25) is 5.91 Å². The number of carbonyl (C=O) groups is 2. The Bertz CT molecular complexity index is 1010. The molecule has 1 aliphatic rings. The summed E-state index contributed by atoms with van der Waals surface area (Å²) in [6.07, 6.45) is 1.67. The zero-order valence-corrected chi connectivity index (χ0v) is 16.2. The predicted octanol–water partition coefficient (Wildman–Crippen LogP) is 2.11.